The topological polar surface area (TPSA) is 44.8 Å². The fourth-order valence-electron chi connectivity index (χ4n) is 3.87. The average Bonchev–Trinajstić information content (AvgIpc) is 2.64. The molecule has 2 saturated heterocycles. The number of benzene rings is 1. The first kappa shape index (κ1) is 18.0. The minimum Gasteiger partial charge on any atom is -0.450 e. The highest BCUT2D eigenvalue weighted by Crippen LogP contribution is 2.23. The van der Waals surface area contributed by atoms with Gasteiger partial charge in [0.05, 0.1) is 6.61 Å². The SMILES string of the molecule is CCOC(=O)N1CCC(N2CCCC(Nc3ccc(F)cc3)C2)CC1. The molecule has 0 bridgehead atoms. The molecule has 2 aliphatic rings. The summed E-state index contributed by atoms with van der Waals surface area (Å²) in [7, 11) is 0. The van der Waals surface area contributed by atoms with Gasteiger partial charge in [0.25, 0.3) is 0 Å². The van der Waals surface area contributed by atoms with Gasteiger partial charge in [-0.05, 0) is 63.4 Å². The third-order valence-corrected chi connectivity index (χ3v) is 5.17. The van der Waals surface area contributed by atoms with E-state index in [0.717, 1.165) is 57.5 Å². The lowest BCUT2D eigenvalue weighted by Gasteiger charge is -2.42. The molecule has 1 aromatic rings. The Morgan fingerprint density at radius 3 is 2.60 bits per heavy atom. The van der Waals surface area contributed by atoms with E-state index in [1.807, 2.05) is 11.8 Å². The number of carbonyl (C=O) groups excluding carboxylic acids is 1. The molecule has 2 fully saturated rings. The van der Waals surface area contributed by atoms with Crippen molar-refractivity contribution in [2.24, 2.45) is 0 Å². The lowest BCUT2D eigenvalue weighted by molar-refractivity contribution is 0.0667. The number of anilines is 1. The molecule has 1 atom stereocenters. The van der Waals surface area contributed by atoms with Gasteiger partial charge in [-0.25, -0.2) is 9.18 Å². The monoisotopic (exact) mass is 349 g/mol. The Labute approximate surface area is 149 Å². The summed E-state index contributed by atoms with van der Waals surface area (Å²) < 4.78 is 18.1. The smallest absolute Gasteiger partial charge is 0.409 e. The van der Waals surface area contributed by atoms with Gasteiger partial charge < -0.3 is 15.0 Å². The zero-order valence-electron chi connectivity index (χ0n) is 14.9. The summed E-state index contributed by atoms with van der Waals surface area (Å²) >= 11 is 0. The van der Waals surface area contributed by atoms with Crippen LogP contribution >= 0.6 is 0 Å². The van der Waals surface area contributed by atoms with Crippen LogP contribution in [0.25, 0.3) is 0 Å². The van der Waals surface area contributed by atoms with E-state index in [9.17, 15) is 9.18 Å². The van der Waals surface area contributed by atoms with Crippen LogP contribution in [-0.4, -0.2) is 60.8 Å². The third kappa shape index (κ3) is 4.84. The number of piperidine rings is 2. The number of hydrogen-bond acceptors (Lipinski definition) is 4. The normalized spacial score (nSPS) is 22.6. The van der Waals surface area contributed by atoms with Gasteiger partial charge in [-0.1, -0.05) is 0 Å². The van der Waals surface area contributed by atoms with E-state index in [0.29, 0.717) is 18.7 Å². The van der Waals surface area contributed by atoms with Crippen LogP contribution in [0, 0.1) is 5.82 Å². The minimum absolute atomic E-state index is 0.185. The number of carbonyl (C=O) groups is 1. The maximum Gasteiger partial charge on any atom is 0.409 e. The van der Waals surface area contributed by atoms with Crippen LogP contribution in [0.3, 0.4) is 0 Å². The van der Waals surface area contributed by atoms with Gasteiger partial charge in [0.1, 0.15) is 5.82 Å². The van der Waals surface area contributed by atoms with Crippen molar-refractivity contribution in [3.05, 3.63) is 30.1 Å². The molecule has 0 radical (unpaired) electrons. The van der Waals surface area contributed by atoms with Crippen molar-refractivity contribution in [1.29, 1.82) is 0 Å². The Morgan fingerprint density at radius 2 is 1.92 bits per heavy atom. The molecule has 1 amide bonds. The van der Waals surface area contributed by atoms with Crippen LogP contribution in [0.5, 0.6) is 0 Å². The number of rotatable bonds is 4. The number of nitrogens with one attached hydrogen (secondary N) is 1. The van der Waals surface area contributed by atoms with E-state index >= 15 is 0 Å². The quantitative estimate of drug-likeness (QED) is 0.906. The molecule has 1 aromatic carbocycles. The number of likely N-dealkylation sites (tertiary alicyclic amines) is 2. The van der Waals surface area contributed by atoms with Crippen LogP contribution in [0.4, 0.5) is 14.9 Å². The number of ether oxygens (including phenoxy) is 1. The molecule has 1 N–H and O–H groups in total. The molecule has 0 saturated carbocycles. The van der Waals surface area contributed by atoms with Crippen LogP contribution in [0.15, 0.2) is 24.3 Å². The molecule has 3 rings (SSSR count). The summed E-state index contributed by atoms with van der Waals surface area (Å²) in [5.41, 5.74) is 0.977. The fourth-order valence-corrected chi connectivity index (χ4v) is 3.87. The van der Waals surface area contributed by atoms with E-state index in [-0.39, 0.29) is 11.9 Å². The van der Waals surface area contributed by atoms with Gasteiger partial charge in [0, 0.05) is 37.4 Å². The van der Waals surface area contributed by atoms with Gasteiger partial charge >= 0.3 is 6.09 Å². The summed E-state index contributed by atoms with van der Waals surface area (Å²) in [6, 6.07) is 7.51. The summed E-state index contributed by atoms with van der Waals surface area (Å²) in [6.07, 6.45) is 4.12. The maximum absolute atomic E-state index is 13.0. The Morgan fingerprint density at radius 1 is 1.20 bits per heavy atom. The molecule has 25 heavy (non-hydrogen) atoms. The number of amides is 1. The molecular formula is C19H28FN3O2. The van der Waals surface area contributed by atoms with Gasteiger partial charge in [-0.2, -0.15) is 0 Å². The number of hydrogen-bond donors (Lipinski definition) is 1. The molecule has 0 aromatic heterocycles. The molecule has 5 nitrogen and oxygen atoms in total. The first-order chi connectivity index (χ1) is 12.2. The van der Waals surface area contributed by atoms with E-state index < -0.39 is 0 Å². The average molecular weight is 349 g/mol. The maximum atomic E-state index is 13.0. The predicted molar refractivity (Wildman–Crippen MR) is 96.2 cm³/mol. The molecule has 2 heterocycles. The van der Waals surface area contributed by atoms with Crippen LogP contribution in [0.1, 0.15) is 32.6 Å². The van der Waals surface area contributed by atoms with Crippen LogP contribution < -0.4 is 5.32 Å². The Bertz CT molecular complexity index is 558. The lowest BCUT2D eigenvalue weighted by Crippen LogP contribution is -2.51. The Hall–Kier alpha value is -1.82. The molecule has 138 valence electrons. The molecule has 0 aliphatic carbocycles. The molecule has 1 unspecified atom stereocenters. The zero-order chi connectivity index (χ0) is 17.6. The Balaban J connectivity index is 1.48. The summed E-state index contributed by atoms with van der Waals surface area (Å²) in [5, 5.41) is 3.53. The van der Waals surface area contributed by atoms with Crippen molar-refractivity contribution in [3.63, 3.8) is 0 Å². The zero-order valence-corrected chi connectivity index (χ0v) is 14.9. The summed E-state index contributed by atoms with van der Waals surface area (Å²) in [5.74, 6) is -0.204. The Kier molecular flexibility index (Phi) is 6.13. The lowest BCUT2D eigenvalue weighted by atomic mass is 9.98. The van der Waals surface area contributed by atoms with Crippen molar-refractivity contribution in [1.82, 2.24) is 9.80 Å². The first-order valence-electron chi connectivity index (χ1n) is 9.33. The summed E-state index contributed by atoms with van der Waals surface area (Å²) in [4.78, 5) is 16.2. The van der Waals surface area contributed by atoms with E-state index in [4.69, 9.17) is 4.74 Å². The van der Waals surface area contributed by atoms with Gasteiger partial charge in [0.15, 0.2) is 0 Å². The standard InChI is InChI=1S/C19H28FN3O2/c1-2-25-19(24)22-12-9-18(10-13-22)23-11-3-4-17(14-23)21-16-7-5-15(20)6-8-16/h5-8,17-18,21H,2-4,9-14H2,1H3. The van der Waals surface area contributed by atoms with Gasteiger partial charge in [-0.15, -0.1) is 0 Å². The fraction of sp³-hybridized carbons (Fsp3) is 0.632. The van der Waals surface area contributed by atoms with Crippen molar-refractivity contribution in [2.75, 3.05) is 38.1 Å². The van der Waals surface area contributed by atoms with Gasteiger partial charge in [0.2, 0.25) is 0 Å². The predicted octanol–water partition coefficient (Wildman–Crippen LogP) is 3.32. The molecule has 2 aliphatic heterocycles. The van der Waals surface area contributed by atoms with Crippen molar-refractivity contribution in [3.8, 4) is 0 Å². The van der Waals surface area contributed by atoms with Crippen LogP contribution in [0.2, 0.25) is 0 Å². The van der Waals surface area contributed by atoms with Crippen molar-refractivity contribution < 1.29 is 13.9 Å². The van der Waals surface area contributed by atoms with E-state index in [2.05, 4.69) is 10.2 Å². The second-order valence-electron chi connectivity index (χ2n) is 6.90. The van der Waals surface area contributed by atoms with Crippen molar-refractivity contribution in [2.45, 2.75) is 44.7 Å². The molecular weight excluding hydrogens is 321 g/mol. The van der Waals surface area contributed by atoms with Gasteiger partial charge in [-0.3, -0.25) is 4.90 Å². The van der Waals surface area contributed by atoms with E-state index in [1.165, 1.54) is 12.1 Å². The first-order valence-corrected chi connectivity index (χ1v) is 9.33. The second kappa shape index (κ2) is 8.52. The second-order valence-corrected chi connectivity index (χ2v) is 6.90. The largest absolute Gasteiger partial charge is 0.450 e. The highest BCUT2D eigenvalue weighted by molar-refractivity contribution is 5.67. The molecule has 0 spiro atoms. The third-order valence-electron chi connectivity index (χ3n) is 5.17. The number of halogens is 1. The highest BCUT2D eigenvalue weighted by Gasteiger charge is 2.30. The molecule has 6 heteroatoms. The number of nitrogens with zero attached hydrogens (tertiary/aromatic N) is 2. The summed E-state index contributed by atoms with van der Waals surface area (Å²) in [6.45, 7) is 5.94. The van der Waals surface area contributed by atoms with Crippen LogP contribution in [-0.2, 0) is 4.74 Å². The highest BCUT2D eigenvalue weighted by atomic mass is 19.1. The van der Waals surface area contributed by atoms with Crippen molar-refractivity contribution >= 4 is 11.8 Å². The minimum atomic E-state index is -0.204. The van der Waals surface area contributed by atoms with E-state index in [1.54, 1.807) is 12.1 Å².